The Kier molecular flexibility index (Phi) is 3.02. The number of rotatable bonds is 2. The summed E-state index contributed by atoms with van der Waals surface area (Å²) in [6.45, 7) is 1.99. The van der Waals surface area contributed by atoms with Crippen molar-refractivity contribution in [3.05, 3.63) is 40.0 Å². The zero-order chi connectivity index (χ0) is 12.6. The number of benzene rings is 1. The van der Waals surface area contributed by atoms with Gasteiger partial charge in [0.1, 0.15) is 0 Å². The van der Waals surface area contributed by atoms with Crippen LogP contribution in [0.1, 0.15) is 16.1 Å². The number of aryl methyl sites for hydroxylation is 2. The Labute approximate surface area is 107 Å². The van der Waals surface area contributed by atoms with E-state index in [9.17, 15) is 4.79 Å². The van der Waals surface area contributed by atoms with Crippen molar-refractivity contribution >= 4 is 21.9 Å². The summed E-state index contributed by atoms with van der Waals surface area (Å²) in [5, 5.41) is 12.8. The van der Waals surface area contributed by atoms with Crippen LogP contribution in [0.15, 0.2) is 28.7 Å². The van der Waals surface area contributed by atoms with Crippen LogP contribution < -0.4 is 0 Å². The van der Waals surface area contributed by atoms with Crippen molar-refractivity contribution in [2.45, 2.75) is 6.92 Å². The molecular formula is C12H11BrN2O2. The van der Waals surface area contributed by atoms with E-state index >= 15 is 0 Å². The number of hydrogen-bond acceptors (Lipinski definition) is 2. The molecule has 88 valence electrons. The molecule has 0 atom stereocenters. The van der Waals surface area contributed by atoms with Crippen molar-refractivity contribution in [1.82, 2.24) is 9.78 Å². The summed E-state index contributed by atoms with van der Waals surface area (Å²) in [7, 11) is 1.73. The summed E-state index contributed by atoms with van der Waals surface area (Å²) in [4.78, 5) is 10.8. The molecule has 0 fully saturated rings. The molecule has 0 saturated heterocycles. The van der Waals surface area contributed by atoms with Crippen LogP contribution in [-0.2, 0) is 7.05 Å². The lowest BCUT2D eigenvalue weighted by molar-refractivity contribution is 0.0689. The molecular weight excluding hydrogens is 284 g/mol. The van der Waals surface area contributed by atoms with E-state index in [0.29, 0.717) is 0 Å². The van der Waals surface area contributed by atoms with Gasteiger partial charge < -0.3 is 5.11 Å². The molecule has 0 aliphatic heterocycles. The number of halogens is 1. The first kappa shape index (κ1) is 11.9. The number of aromatic nitrogens is 2. The number of carbonyl (C=O) groups is 1. The Bertz CT molecular complexity index is 570. The molecule has 0 unspecified atom stereocenters. The van der Waals surface area contributed by atoms with Gasteiger partial charge in [-0.05, 0) is 36.8 Å². The maximum atomic E-state index is 10.8. The monoisotopic (exact) mass is 294 g/mol. The van der Waals surface area contributed by atoms with Crippen molar-refractivity contribution in [2.75, 3.05) is 0 Å². The SMILES string of the molecule is Cc1cc(Br)cc(-c2cc(C(=O)O)nn2C)c1. The maximum Gasteiger partial charge on any atom is 0.356 e. The van der Waals surface area contributed by atoms with Crippen LogP contribution in [0.25, 0.3) is 11.3 Å². The maximum absolute atomic E-state index is 10.8. The predicted molar refractivity (Wildman–Crippen MR) is 68.0 cm³/mol. The summed E-state index contributed by atoms with van der Waals surface area (Å²) in [5.41, 5.74) is 2.89. The zero-order valence-corrected chi connectivity index (χ0v) is 11.0. The minimum absolute atomic E-state index is 0.0557. The molecule has 0 saturated carbocycles. The Hall–Kier alpha value is -1.62. The summed E-state index contributed by atoms with van der Waals surface area (Å²) >= 11 is 3.42. The predicted octanol–water partition coefficient (Wildman–Crippen LogP) is 2.86. The number of hydrogen-bond donors (Lipinski definition) is 1. The van der Waals surface area contributed by atoms with Gasteiger partial charge in [-0.3, -0.25) is 4.68 Å². The second-order valence-electron chi connectivity index (χ2n) is 3.86. The summed E-state index contributed by atoms with van der Waals surface area (Å²) in [6, 6.07) is 7.50. The highest BCUT2D eigenvalue weighted by molar-refractivity contribution is 9.10. The van der Waals surface area contributed by atoms with Crippen LogP contribution >= 0.6 is 15.9 Å². The van der Waals surface area contributed by atoms with Crippen molar-refractivity contribution in [2.24, 2.45) is 7.05 Å². The highest BCUT2D eigenvalue weighted by Crippen LogP contribution is 2.25. The average molecular weight is 295 g/mol. The summed E-state index contributed by atoms with van der Waals surface area (Å²) in [6.07, 6.45) is 0. The smallest absolute Gasteiger partial charge is 0.356 e. The average Bonchev–Trinajstić information content (AvgIpc) is 2.59. The van der Waals surface area contributed by atoms with Crippen LogP contribution in [0.3, 0.4) is 0 Å². The van der Waals surface area contributed by atoms with Crippen LogP contribution in [0.2, 0.25) is 0 Å². The molecule has 4 nitrogen and oxygen atoms in total. The van der Waals surface area contributed by atoms with Gasteiger partial charge in [-0.1, -0.05) is 15.9 Å². The molecule has 0 radical (unpaired) electrons. The summed E-state index contributed by atoms with van der Waals surface area (Å²) in [5.74, 6) is -1.02. The standard InChI is InChI=1S/C12H11BrN2O2/c1-7-3-8(5-9(13)4-7)11-6-10(12(16)17)14-15(11)2/h3-6H,1-2H3,(H,16,17). The summed E-state index contributed by atoms with van der Waals surface area (Å²) < 4.78 is 2.54. The molecule has 17 heavy (non-hydrogen) atoms. The molecule has 5 heteroatoms. The fraction of sp³-hybridized carbons (Fsp3) is 0.167. The molecule has 1 aromatic carbocycles. The Morgan fingerprint density at radius 3 is 2.59 bits per heavy atom. The lowest BCUT2D eigenvalue weighted by Crippen LogP contribution is -1.99. The van der Waals surface area contributed by atoms with E-state index in [1.165, 1.54) is 0 Å². The van der Waals surface area contributed by atoms with Crippen LogP contribution in [0.5, 0.6) is 0 Å². The molecule has 0 spiro atoms. The minimum Gasteiger partial charge on any atom is -0.476 e. The lowest BCUT2D eigenvalue weighted by atomic mass is 10.1. The minimum atomic E-state index is -1.02. The Morgan fingerprint density at radius 1 is 1.35 bits per heavy atom. The van der Waals surface area contributed by atoms with E-state index in [1.807, 2.05) is 25.1 Å². The Balaban J connectivity index is 2.56. The van der Waals surface area contributed by atoms with E-state index in [1.54, 1.807) is 17.8 Å². The number of nitrogens with zero attached hydrogens (tertiary/aromatic N) is 2. The van der Waals surface area contributed by atoms with Gasteiger partial charge >= 0.3 is 5.97 Å². The van der Waals surface area contributed by atoms with Gasteiger partial charge in [-0.25, -0.2) is 4.79 Å². The molecule has 0 aliphatic carbocycles. The fourth-order valence-electron chi connectivity index (χ4n) is 1.73. The van der Waals surface area contributed by atoms with E-state index in [4.69, 9.17) is 5.11 Å². The van der Waals surface area contributed by atoms with E-state index in [-0.39, 0.29) is 5.69 Å². The third-order valence-corrected chi connectivity index (χ3v) is 2.89. The van der Waals surface area contributed by atoms with Crippen LogP contribution in [-0.4, -0.2) is 20.9 Å². The van der Waals surface area contributed by atoms with Crippen molar-refractivity contribution in [1.29, 1.82) is 0 Å². The van der Waals surface area contributed by atoms with Crippen molar-refractivity contribution in [3.8, 4) is 11.3 Å². The van der Waals surface area contributed by atoms with Gasteiger partial charge in [0, 0.05) is 17.1 Å². The largest absolute Gasteiger partial charge is 0.476 e. The quantitative estimate of drug-likeness (QED) is 0.927. The number of carboxylic acids is 1. The first-order valence-corrected chi connectivity index (χ1v) is 5.81. The molecule has 1 N–H and O–H groups in total. The lowest BCUT2D eigenvalue weighted by Gasteiger charge is -2.04. The third-order valence-electron chi connectivity index (χ3n) is 2.44. The zero-order valence-electron chi connectivity index (χ0n) is 9.44. The number of carboxylic acid groups (broad SMARTS) is 1. The van der Waals surface area contributed by atoms with E-state index in [0.717, 1.165) is 21.3 Å². The van der Waals surface area contributed by atoms with Gasteiger partial charge in [0.25, 0.3) is 0 Å². The van der Waals surface area contributed by atoms with Gasteiger partial charge in [0.05, 0.1) is 5.69 Å². The number of aromatic carboxylic acids is 1. The van der Waals surface area contributed by atoms with Crippen LogP contribution in [0.4, 0.5) is 0 Å². The van der Waals surface area contributed by atoms with Crippen LogP contribution in [0, 0.1) is 6.92 Å². The molecule has 2 aromatic rings. The Morgan fingerprint density at radius 2 is 2.06 bits per heavy atom. The molecule has 1 aromatic heterocycles. The fourth-order valence-corrected chi connectivity index (χ4v) is 2.33. The molecule has 1 heterocycles. The van der Waals surface area contributed by atoms with Crippen molar-refractivity contribution in [3.63, 3.8) is 0 Å². The highest BCUT2D eigenvalue weighted by Gasteiger charge is 2.12. The third kappa shape index (κ3) is 2.39. The topological polar surface area (TPSA) is 55.1 Å². The van der Waals surface area contributed by atoms with E-state index in [2.05, 4.69) is 21.0 Å². The van der Waals surface area contributed by atoms with Crippen molar-refractivity contribution < 1.29 is 9.90 Å². The van der Waals surface area contributed by atoms with Gasteiger partial charge in [-0.2, -0.15) is 5.10 Å². The molecule has 2 rings (SSSR count). The first-order chi connectivity index (χ1) is 7.97. The van der Waals surface area contributed by atoms with E-state index < -0.39 is 5.97 Å². The second kappa shape index (κ2) is 4.33. The molecule has 0 aliphatic rings. The highest BCUT2D eigenvalue weighted by atomic mass is 79.9. The second-order valence-corrected chi connectivity index (χ2v) is 4.78. The normalized spacial score (nSPS) is 10.5. The van der Waals surface area contributed by atoms with Gasteiger partial charge in [-0.15, -0.1) is 0 Å². The molecule has 0 amide bonds. The molecule has 0 bridgehead atoms. The van der Waals surface area contributed by atoms with Gasteiger partial charge in [0.2, 0.25) is 0 Å². The first-order valence-electron chi connectivity index (χ1n) is 5.02. The van der Waals surface area contributed by atoms with Gasteiger partial charge in [0.15, 0.2) is 5.69 Å².